The Morgan fingerprint density at radius 2 is 2.10 bits per heavy atom. The van der Waals surface area contributed by atoms with Crippen molar-refractivity contribution in [3.05, 3.63) is 12.3 Å². The third-order valence-corrected chi connectivity index (χ3v) is 2.77. The van der Waals surface area contributed by atoms with Gasteiger partial charge >= 0.3 is 5.97 Å². The Labute approximate surface area is 125 Å². The highest BCUT2D eigenvalue weighted by Crippen LogP contribution is 2.03. The fraction of sp³-hybridized carbons (Fsp3) is 0.364. The molecule has 0 aromatic heterocycles. The average Bonchev–Trinajstić information content (AvgIpc) is 2.41. The minimum absolute atomic E-state index is 0.143. The number of hydrogen-bond donors (Lipinski definition) is 4. The van der Waals surface area contributed by atoms with Crippen LogP contribution < -0.4 is 16.4 Å². The van der Waals surface area contributed by atoms with E-state index >= 15 is 0 Å². The Hall–Kier alpha value is -2.36. The van der Waals surface area contributed by atoms with Crippen LogP contribution in [0.25, 0.3) is 0 Å². The predicted molar refractivity (Wildman–Crippen MR) is 77.3 cm³/mol. The zero-order valence-electron chi connectivity index (χ0n) is 11.3. The summed E-state index contributed by atoms with van der Waals surface area (Å²) >= 11 is 1.08. The molecular weight excluding hydrogens is 300 g/mol. The van der Waals surface area contributed by atoms with E-state index in [1.807, 2.05) is 0 Å². The number of nitrogens with zero attached hydrogens (tertiary/aromatic N) is 1. The molecule has 3 amide bonds. The van der Waals surface area contributed by atoms with E-state index in [1.165, 1.54) is 0 Å². The summed E-state index contributed by atoms with van der Waals surface area (Å²) in [5.74, 6) is -2.77. The van der Waals surface area contributed by atoms with Crippen LogP contribution in [0.15, 0.2) is 17.3 Å². The second-order valence-corrected chi connectivity index (χ2v) is 4.49. The fourth-order valence-corrected chi connectivity index (χ4v) is 1.52. The summed E-state index contributed by atoms with van der Waals surface area (Å²) in [6, 6.07) is -1.14. The van der Waals surface area contributed by atoms with Crippen molar-refractivity contribution in [3.63, 3.8) is 0 Å². The van der Waals surface area contributed by atoms with Gasteiger partial charge in [0.25, 0.3) is 5.91 Å². The molecule has 0 saturated heterocycles. The van der Waals surface area contributed by atoms with Crippen molar-refractivity contribution in [2.24, 2.45) is 10.7 Å². The quantitative estimate of drug-likeness (QED) is 0.191. The number of carbonyl (C=O) groups is 4. The molecule has 0 spiro atoms. The van der Waals surface area contributed by atoms with Gasteiger partial charge in [0, 0.05) is 6.42 Å². The minimum Gasteiger partial charge on any atom is -0.481 e. The maximum Gasteiger partial charge on any atom is 0.303 e. The lowest BCUT2D eigenvalue weighted by Gasteiger charge is -2.14. The molecule has 0 saturated carbocycles. The Morgan fingerprint density at radius 3 is 2.52 bits per heavy atom. The van der Waals surface area contributed by atoms with E-state index in [0.29, 0.717) is 6.41 Å². The highest BCUT2D eigenvalue weighted by Gasteiger charge is 2.20. The van der Waals surface area contributed by atoms with E-state index in [2.05, 4.69) is 22.2 Å². The van der Waals surface area contributed by atoms with E-state index in [4.69, 9.17) is 10.8 Å². The van der Waals surface area contributed by atoms with Gasteiger partial charge in [-0.15, -0.1) is 0 Å². The van der Waals surface area contributed by atoms with Gasteiger partial charge in [-0.05, 0) is 12.7 Å². The molecular formula is C11H16N4O5S. The second-order valence-electron chi connectivity index (χ2n) is 3.69. The van der Waals surface area contributed by atoms with Gasteiger partial charge in [0.15, 0.2) is 5.17 Å². The first-order chi connectivity index (χ1) is 9.81. The van der Waals surface area contributed by atoms with Crippen LogP contribution in [-0.2, 0) is 19.2 Å². The zero-order valence-corrected chi connectivity index (χ0v) is 12.1. The first-order valence-electron chi connectivity index (χ1n) is 5.65. The van der Waals surface area contributed by atoms with E-state index in [1.54, 1.807) is 6.26 Å². The monoisotopic (exact) mass is 316 g/mol. The van der Waals surface area contributed by atoms with Gasteiger partial charge in [0.05, 0.1) is 0 Å². The number of nitrogens with one attached hydrogen (secondary N) is 2. The first-order valence-corrected chi connectivity index (χ1v) is 6.88. The SMILES string of the molecule is C=C(/N=C(/NC=O)SC)C(=O)N[C@@H](CCC(=O)O)C(N)=O. The predicted octanol–water partition coefficient (Wildman–Crippen LogP) is -1.20. The molecule has 0 aliphatic carbocycles. The molecule has 0 aromatic carbocycles. The van der Waals surface area contributed by atoms with E-state index in [0.717, 1.165) is 11.8 Å². The van der Waals surface area contributed by atoms with Gasteiger partial charge in [-0.3, -0.25) is 19.2 Å². The van der Waals surface area contributed by atoms with Crippen LogP contribution >= 0.6 is 11.8 Å². The lowest BCUT2D eigenvalue weighted by Crippen LogP contribution is -2.45. The molecule has 0 heterocycles. The fourth-order valence-electron chi connectivity index (χ4n) is 1.16. The number of aliphatic carboxylic acids is 1. The molecule has 0 aromatic rings. The highest BCUT2D eigenvalue weighted by atomic mass is 32.2. The largest absolute Gasteiger partial charge is 0.481 e. The third kappa shape index (κ3) is 7.72. The van der Waals surface area contributed by atoms with Crippen LogP contribution in [0.4, 0.5) is 0 Å². The van der Waals surface area contributed by atoms with Gasteiger partial charge in [-0.1, -0.05) is 18.3 Å². The molecule has 0 aliphatic heterocycles. The van der Waals surface area contributed by atoms with Crippen molar-refractivity contribution < 1.29 is 24.3 Å². The standard InChI is InChI=1S/C11H16N4O5S/c1-6(14-11(21-2)13-5-16)10(20)15-7(9(12)19)3-4-8(17)18/h5,7H,1,3-4H2,2H3,(H2,12,19)(H,15,20)(H,17,18)(H,13,14,16)/t7-/m0/s1. The van der Waals surface area contributed by atoms with Crippen LogP contribution in [-0.4, -0.2) is 46.8 Å². The summed E-state index contributed by atoms with van der Waals surface area (Å²) in [6.45, 7) is 3.40. The van der Waals surface area contributed by atoms with Gasteiger partial charge in [-0.25, -0.2) is 4.99 Å². The summed E-state index contributed by atoms with van der Waals surface area (Å²) in [4.78, 5) is 47.4. The maximum atomic E-state index is 11.8. The Bertz CT molecular complexity index is 477. The normalized spacial score (nSPS) is 12.1. The molecule has 0 unspecified atom stereocenters. The molecule has 0 fully saturated rings. The first kappa shape index (κ1) is 18.6. The molecule has 1 atom stereocenters. The summed E-state index contributed by atoms with van der Waals surface area (Å²) in [7, 11) is 0. The molecule has 21 heavy (non-hydrogen) atoms. The Kier molecular flexibility index (Phi) is 8.46. The molecule has 9 nitrogen and oxygen atoms in total. The van der Waals surface area contributed by atoms with Gasteiger partial charge in [-0.2, -0.15) is 0 Å². The smallest absolute Gasteiger partial charge is 0.303 e. The Morgan fingerprint density at radius 1 is 1.48 bits per heavy atom. The van der Waals surface area contributed by atoms with Crippen LogP contribution in [0.1, 0.15) is 12.8 Å². The lowest BCUT2D eigenvalue weighted by atomic mass is 10.1. The van der Waals surface area contributed by atoms with Gasteiger partial charge < -0.3 is 21.5 Å². The number of hydrogen-bond acceptors (Lipinski definition) is 6. The second kappa shape index (κ2) is 9.53. The third-order valence-electron chi connectivity index (χ3n) is 2.17. The van der Waals surface area contributed by atoms with Crippen LogP contribution in [0.2, 0.25) is 0 Å². The minimum atomic E-state index is -1.14. The van der Waals surface area contributed by atoms with Crippen molar-refractivity contribution in [2.75, 3.05) is 6.26 Å². The van der Waals surface area contributed by atoms with Crippen LogP contribution in [0.5, 0.6) is 0 Å². The Balaban J connectivity index is 4.74. The van der Waals surface area contributed by atoms with E-state index < -0.39 is 23.8 Å². The number of primary amides is 1. The number of carbonyl (C=O) groups excluding carboxylic acids is 3. The van der Waals surface area contributed by atoms with Crippen molar-refractivity contribution in [2.45, 2.75) is 18.9 Å². The van der Waals surface area contributed by atoms with Crippen molar-refractivity contribution in [3.8, 4) is 0 Å². The van der Waals surface area contributed by atoms with Gasteiger partial charge in [0.2, 0.25) is 12.3 Å². The maximum absolute atomic E-state index is 11.8. The van der Waals surface area contributed by atoms with E-state index in [-0.39, 0.29) is 23.7 Å². The van der Waals surface area contributed by atoms with E-state index in [9.17, 15) is 19.2 Å². The van der Waals surface area contributed by atoms with Crippen molar-refractivity contribution >= 4 is 41.1 Å². The van der Waals surface area contributed by atoms with Crippen LogP contribution in [0.3, 0.4) is 0 Å². The molecule has 0 bridgehead atoms. The van der Waals surface area contributed by atoms with Gasteiger partial charge in [0.1, 0.15) is 11.7 Å². The molecule has 116 valence electrons. The number of rotatable bonds is 8. The number of amidine groups is 1. The lowest BCUT2D eigenvalue weighted by molar-refractivity contribution is -0.137. The molecule has 0 rings (SSSR count). The number of carboxylic acid groups (broad SMARTS) is 1. The molecule has 0 radical (unpaired) electrons. The summed E-state index contributed by atoms with van der Waals surface area (Å²) in [5.41, 5.74) is 4.82. The number of nitrogens with two attached hydrogens (primary N) is 1. The number of aliphatic imine (C=N–C) groups is 1. The van der Waals surface area contributed by atoms with Crippen LogP contribution in [0, 0.1) is 0 Å². The molecule has 0 aliphatic rings. The zero-order chi connectivity index (χ0) is 16.4. The number of amides is 3. The topological polar surface area (TPSA) is 151 Å². The average molecular weight is 316 g/mol. The van der Waals surface area contributed by atoms with Crippen molar-refractivity contribution in [1.82, 2.24) is 10.6 Å². The van der Waals surface area contributed by atoms with Crippen molar-refractivity contribution in [1.29, 1.82) is 0 Å². The number of carboxylic acids is 1. The number of thioether (sulfide) groups is 1. The summed E-state index contributed by atoms with van der Waals surface area (Å²) < 4.78 is 0. The summed E-state index contributed by atoms with van der Waals surface area (Å²) in [6.07, 6.45) is 1.54. The highest BCUT2D eigenvalue weighted by molar-refractivity contribution is 8.13. The summed E-state index contributed by atoms with van der Waals surface area (Å²) in [5, 5.41) is 13.2. The molecule has 5 N–H and O–H groups in total. The molecule has 10 heteroatoms.